The van der Waals surface area contributed by atoms with Crippen LogP contribution < -0.4 is 0 Å². The fourth-order valence-corrected chi connectivity index (χ4v) is 2.53. The Labute approximate surface area is 153 Å². The molecule has 4 heteroatoms. The second-order valence-electron chi connectivity index (χ2n) is 6.34. The Bertz CT molecular complexity index is 399. The molecular formula is C21H36O4. The molecule has 0 aliphatic carbocycles. The lowest BCUT2D eigenvalue weighted by atomic mass is 10.1. The van der Waals surface area contributed by atoms with Gasteiger partial charge >= 0.3 is 11.9 Å². The molecule has 144 valence electrons. The molecule has 0 saturated heterocycles. The van der Waals surface area contributed by atoms with Crippen molar-refractivity contribution in [3.05, 3.63) is 24.3 Å². The number of hydrogen-bond acceptors (Lipinski definition) is 4. The second kappa shape index (κ2) is 17.2. The van der Waals surface area contributed by atoms with E-state index >= 15 is 0 Å². The highest BCUT2D eigenvalue weighted by Crippen LogP contribution is 2.10. The number of methoxy groups -OCH3 is 1. The Morgan fingerprint density at radius 1 is 0.960 bits per heavy atom. The molecule has 0 radical (unpaired) electrons. The Morgan fingerprint density at radius 2 is 1.68 bits per heavy atom. The molecule has 0 aromatic heterocycles. The van der Waals surface area contributed by atoms with Gasteiger partial charge < -0.3 is 9.47 Å². The number of rotatable bonds is 15. The zero-order valence-corrected chi connectivity index (χ0v) is 16.3. The molecule has 0 aromatic carbocycles. The molecule has 0 aliphatic rings. The van der Waals surface area contributed by atoms with Crippen LogP contribution in [0.5, 0.6) is 0 Å². The van der Waals surface area contributed by atoms with E-state index in [4.69, 9.17) is 4.74 Å². The van der Waals surface area contributed by atoms with Gasteiger partial charge in [0.05, 0.1) is 7.11 Å². The van der Waals surface area contributed by atoms with Gasteiger partial charge in [-0.15, -0.1) is 0 Å². The summed E-state index contributed by atoms with van der Waals surface area (Å²) in [6, 6.07) is 0. The summed E-state index contributed by atoms with van der Waals surface area (Å²) in [5.74, 6) is -0.334. The third-order valence-corrected chi connectivity index (χ3v) is 3.96. The fourth-order valence-electron chi connectivity index (χ4n) is 2.53. The number of allylic oxidation sites excluding steroid dienone is 3. The summed E-state index contributed by atoms with van der Waals surface area (Å²) in [4.78, 5) is 22.1. The van der Waals surface area contributed by atoms with Crippen LogP contribution in [0.3, 0.4) is 0 Å². The first kappa shape index (κ1) is 23.4. The zero-order valence-electron chi connectivity index (χ0n) is 16.3. The van der Waals surface area contributed by atoms with Gasteiger partial charge in [-0.1, -0.05) is 57.3 Å². The van der Waals surface area contributed by atoms with Crippen molar-refractivity contribution < 1.29 is 19.1 Å². The fraction of sp³-hybridized carbons (Fsp3) is 0.714. The highest BCUT2D eigenvalue weighted by Gasteiger charge is 2.06. The zero-order chi connectivity index (χ0) is 18.8. The van der Waals surface area contributed by atoms with Gasteiger partial charge in [-0.3, -0.25) is 9.59 Å². The molecule has 0 spiro atoms. The van der Waals surface area contributed by atoms with Crippen molar-refractivity contribution in [2.45, 2.75) is 90.6 Å². The summed E-state index contributed by atoms with van der Waals surface area (Å²) in [7, 11) is 1.43. The maximum Gasteiger partial charge on any atom is 0.305 e. The second-order valence-corrected chi connectivity index (χ2v) is 6.34. The van der Waals surface area contributed by atoms with Crippen molar-refractivity contribution >= 4 is 11.9 Å². The van der Waals surface area contributed by atoms with Gasteiger partial charge in [0.25, 0.3) is 0 Å². The molecule has 0 aliphatic heterocycles. The van der Waals surface area contributed by atoms with Crippen LogP contribution in [0.15, 0.2) is 24.3 Å². The first-order valence-corrected chi connectivity index (χ1v) is 9.67. The molecule has 0 saturated carbocycles. The molecule has 0 bridgehead atoms. The third kappa shape index (κ3) is 17.0. The van der Waals surface area contributed by atoms with Gasteiger partial charge in [-0.05, 0) is 38.2 Å². The van der Waals surface area contributed by atoms with E-state index in [0.29, 0.717) is 6.42 Å². The molecule has 4 nitrogen and oxygen atoms in total. The van der Waals surface area contributed by atoms with E-state index in [0.717, 1.165) is 44.9 Å². The summed E-state index contributed by atoms with van der Waals surface area (Å²) in [6.07, 6.45) is 19.4. The summed E-state index contributed by atoms with van der Waals surface area (Å²) >= 11 is 0. The van der Waals surface area contributed by atoms with Crippen molar-refractivity contribution in [3.8, 4) is 0 Å². The minimum atomic E-state index is -0.220. The number of carbonyl (C=O) groups excluding carboxylic acids is 2. The number of unbranched alkanes of at least 4 members (excludes halogenated alkanes) is 7. The highest BCUT2D eigenvalue weighted by atomic mass is 16.5. The van der Waals surface area contributed by atoms with Gasteiger partial charge in [0, 0.05) is 13.3 Å². The first-order valence-electron chi connectivity index (χ1n) is 9.67. The van der Waals surface area contributed by atoms with E-state index in [2.05, 4.69) is 17.7 Å². The SMILES string of the molecule is CCCCC[C@@H](/C=C/C=C\CCCCCCCC(=O)OC)OC(C)=O. The van der Waals surface area contributed by atoms with E-state index in [1.807, 2.05) is 18.2 Å². The first-order chi connectivity index (χ1) is 12.1. The maximum atomic E-state index is 11.1. The van der Waals surface area contributed by atoms with E-state index < -0.39 is 0 Å². The van der Waals surface area contributed by atoms with Crippen LogP contribution >= 0.6 is 0 Å². The Hall–Kier alpha value is -1.58. The normalized spacial score (nSPS) is 12.6. The molecule has 1 atom stereocenters. The van der Waals surface area contributed by atoms with Crippen molar-refractivity contribution in [2.75, 3.05) is 7.11 Å². The quantitative estimate of drug-likeness (QED) is 0.221. The topological polar surface area (TPSA) is 52.6 Å². The lowest BCUT2D eigenvalue weighted by Crippen LogP contribution is -2.13. The molecule has 0 amide bonds. The number of ether oxygens (including phenoxy) is 2. The molecule has 0 heterocycles. The number of esters is 2. The summed E-state index contributed by atoms with van der Waals surface area (Å²) < 4.78 is 9.93. The van der Waals surface area contributed by atoms with Crippen molar-refractivity contribution in [2.24, 2.45) is 0 Å². The molecule has 0 N–H and O–H groups in total. The average molecular weight is 353 g/mol. The predicted molar refractivity (Wildman–Crippen MR) is 102 cm³/mol. The van der Waals surface area contributed by atoms with Crippen molar-refractivity contribution in [3.63, 3.8) is 0 Å². The Balaban J connectivity index is 3.75. The standard InChI is InChI=1S/C21H36O4/c1-4-5-13-16-20(25-19(2)22)17-14-11-9-7-6-8-10-12-15-18-21(23)24-3/h9,11,14,17,20H,4-8,10,12-13,15-16,18H2,1-3H3/b11-9-,17-14+/t20-/m0/s1. The Kier molecular flexibility index (Phi) is 16.2. The van der Waals surface area contributed by atoms with Crippen LogP contribution in [-0.4, -0.2) is 25.2 Å². The molecule has 25 heavy (non-hydrogen) atoms. The van der Waals surface area contributed by atoms with Crippen LogP contribution in [0.4, 0.5) is 0 Å². The van der Waals surface area contributed by atoms with Crippen LogP contribution in [0.2, 0.25) is 0 Å². The third-order valence-electron chi connectivity index (χ3n) is 3.96. The largest absolute Gasteiger partial charge is 0.469 e. The van der Waals surface area contributed by atoms with Crippen LogP contribution in [-0.2, 0) is 19.1 Å². The molecule has 0 fully saturated rings. The van der Waals surface area contributed by atoms with Gasteiger partial charge in [-0.2, -0.15) is 0 Å². The monoisotopic (exact) mass is 352 g/mol. The van der Waals surface area contributed by atoms with Crippen LogP contribution in [0.1, 0.15) is 84.5 Å². The van der Waals surface area contributed by atoms with Crippen LogP contribution in [0.25, 0.3) is 0 Å². The predicted octanol–water partition coefficient (Wildman–Crippen LogP) is 5.51. The Morgan fingerprint density at radius 3 is 2.36 bits per heavy atom. The number of carbonyl (C=O) groups is 2. The van der Waals surface area contributed by atoms with E-state index in [9.17, 15) is 9.59 Å². The summed E-state index contributed by atoms with van der Waals surface area (Å²) in [5.41, 5.74) is 0. The highest BCUT2D eigenvalue weighted by molar-refractivity contribution is 5.69. The van der Waals surface area contributed by atoms with Crippen LogP contribution in [0, 0.1) is 0 Å². The lowest BCUT2D eigenvalue weighted by molar-refractivity contribution is -0.144. The molecule has 0 rings (SSSR count). The smallest absolute Gasteiger partial charge is 0.305 e. The van der Waals surface area contributed by atoms with Gasteiger partial charge in [0.15, 0.2) is 0 Å². The molecule has 0 unspecified atom stereocenters. The van der Waals surface area contributed by atoms with E-state index in [-0.39, 0.29) is 18.0 Å². The lowest BCUT2D eigenvalue weighted by Gasteiger charge is -2.12. The average Bonchev–Trinajstić information content (AvgIpc) is 2.58. The van der Waals surface area contributed by atoms with Crippen molar-refractivity contribution in [1.82, 2.24) is 0 Å². The van der Waals surface area contributed by atoms with E-state index in [1.54, 1.807) is 0 Å². The summed E-state index contributed by atoms with van der Waals surface area (Å²) in [6.45, 7) is 3.63. The minimum absolute atomic E-state index is 0.108. The van der Waals surface area contributed by atoms with E-state index in [1.165, 1.54) is 33.3 Å². The van der Waals surface area contributed by atoms with Gasteiger partial charge in [0.1, 0.15) is 6.10 Å². The molecule has 0 aromatic rings. The summed E-state index contributed by atoms with van der Waals surface area (Å²) in [5, 5.41) is 0. The van der Waals surface area contributed by atoms with Gasteiger partial charge in [-0.25, -0.2) is 0 Å². The molecular weight excluding hydrogens is 316 g/mol. The van der Waals surface area contributed by atoms with Crippen molar-refractivity contribution in [1.29, 1.82) is 0 Å². The van der Waals surface area contributed by atoms with Gasteiger partial charge in [0.2, 0.25) is 0 Å². The minimum Gasteiger partial charge on any atom is -0.469 e. The maximum absolute atomic E-state index is 11.1. The number of hydrogen-bond donors (Lipinski definition) is 0.